The summed E-state index contributed by atoms with van der Waals surface area (Å²) < 4.78 is 73.3. The van der Waals surface area contributed by atoms with Crippen molar-refractivity contribution in [3.63, 3.8) is 0 Å². The molecular formula is C29H32F5N3O3. The number of amides is 2. The van der Waals surface area contributed by atoms with Gasteiger partial charge in [-0.25, -0.2) is 8.78 Å². The molecule has 3 N–H and O–H groups in total. The number of ether oxygens (including phenoxy) is 1. The zero-order chi connectivity index (χ0) is 28.7. The van der Waals surface area contributed by atoms with Crippen LogP contribution in [0, 0.1) is 17.6 Å². The molecule has 2 amide bonds. The maximum atomic E-state index is 14.0. The van der Waals surface area contributed by atoms with E-state index >= 15 is 0 Å². The Morgan fingerprint density at radius 2 is 1.68 bits per heavy atom. The van der Waals surface area contributed by atoms with Crippen LogP contribution >= 0.6 is 0 Å². The van der Waals surface area contributed by atoms with Crippen molar-refractivity contribution in [1.29, 1.82) is 0 Å². The first-order valence-electron chi connectivity index (χ1n) is 13.6. The number of nitrogens with zero attached hydrogens (tertiary/aromatic N) is 1. The highest BCUT2D eigenvalue weighted by Gasteiger charge is 2.54. The van der Waals surface area contributed by atoms with Gasteiger partial charge in [-0.15, -0.1) is 0 Å². The van der Waals surface area contributed by atoms with E-state index in [4.69, 9.17) is 10.5 Å². The average molecular weight is 566 g/mol. The average Bonchev–Trinajstić information content (AvgIpc) is 3.77. The van der Waals surface area contributed by atoms with Gasteiger partial charge >= 0.3 is 6.18 Å². The van der Waals surface area contributed by atoms with E-state index < -0.39 is 34.9 Å². The van der Waals surface area contributed by atoms with Crippen LogP contribution < -0.4 is 11.1 Å². The maximum absolute atomic E-state index is 14.0. The number of primary amides is 1. The summed E-state index contributed by atoms with van der Waals surface area (Å²) in [5.41, 5.74) is 4.15. The van der Waals surface area contributed by atoms with E-state index in [0.29, 0.717) is 19.1 Å². The van der Waals surface area contributed by atoms with E-state index in [-0.39, 0.29) is 41.5 Å². The fourth-order valence-corrected chi connectivity index (χ4v) is 6.14. The number of carbonyl (C=O) groups excluding carboxylic acids is 2. The molecule has 2 aromatic carbocycles. The lowest BCUT2D eigenvalue weighted by Gasteiger charge is -2.45. The second-order valence-electron chi connectivity index (χ2n) is 11.1. The normalized spacial score (nSPS) is 24.6. The van der Waals surface area contributed by atoms with Crippen molar-refractivity contribution in [3.8, 4) is 0 Å². The number of hydrogen-bond donors (Lipinski definition) is 2. The van der Waals surface area contributed by atoms with Crippen LogP contribution in [-0.2, 0) is 22.3 Å². The van der Waals surface area contributed by atoms with E-state index in [1.807, 2.05) is 0 Å². The van der Waals surface area contributed by atoms with Crippen LogP contribution in [0.3, 0.4) is 0 Å². The van der Waals surface area contributed by atoms with E-state index in [0.717, 1.165) is 69.0 Å². The van der Waals surface area contributed by atoms with E-state index in [2.05, 4.69) is 10.2 Å². The molecule has 0 bridgehead atoms. The molecule has 0 unspecified atom stereocenters. The molecule has 3 aliphatic rings. The van der Waals surface area contributed by atoms with Gasteiger partial charge < -0.3 is 15.8 Å². The molecule has 2 atom stereocenters. The van der Waals surface area contributed by atoms with Crippen molar-refractivity contribution < 1.29 is 36.3 Å². The Kier molecular flexibility index (Phi) is 7.89. The lowest BCUT2D eigenvalue weighted by Crippen LogP contribution is -2.57. The topological polar surface area (TPSA) is 84.7 Å². The smallest absolute Gasteiger partial charge is 0.366 e. The van der Waals surface area contributed by atoms with E-state index in [1.54, 1.807) is 6.07 Å². The number of benzene rings is 2. The summed E-state index contributed by atoms with van der Waals surface area (Å²) in [4.78, 5) is 27.1. The lowest BCUT2D eigenvalue weighted by atomic mass is 9.84. The molecular weight excluding hydrogens is 533 g/mol. The zero-order valence-corrected chi connectivity index (χ0v) is 21.9. The number of hydrogen-bond acceptors (Lipinski definition) is 4. The molecule has 216 valence electrons. The number of alkyl halides is 3. The van der Waals surface area contributed by atoms with Crippen molar-refractivity contribution in [2.75, 3.05) is 19.7 Å². The first-order chi connectivity index (χ1) is 18.9. The zero-order valence-electron chi connectivity index (χ0n) is 21.9. The molecule has 5 rings (SSSR count). The molecule has 0 aromatic heterocycles. The molecule has 2 saturated heterocycles. The minimum atomic E-state index is -4.68. The summed E-state index contributed by atoms with van der Waals surface area (Å²) >= 11 is 0. The first-order valence-corrected chi connectivity index (χ1v) is 13.6. The van der Waals surface area contributed by atoms with Crippen molar-refractivity contribution in [3.05, 3.63) is 70.3 Å². The Hall–Kier alpha value is -3.05. The Bertz CT molecular complexity index is 1260. The van der Waals surface area contributed by atoms with Crippen molar-refractivity contribution in [1.82, 2.24) is 10.2 Å². The van der Waals surface area contributed by atoms with Crippen LogP contribution in [0.5, 0.6) is 0 Å². The molecule has 2 aliphatic heterocycles. The predicted octanol–water partition coefficient (Wildman–Crippen LogP) is 4.91. The first kappa shape index (κ1) is 28.5. The van der Waals surface area contributed by atoms with Gasteiger partial charge in [0.2, 0.25) is 5.91 Å². The third kappa shape index (κ3) is 6.15. The Labute approximate surface area is 229 Å². The number of halogens is 5. The minimum Gasteiger partial charge on any atom is -0.366 e. The Balaban J connectivity index is 1.17. The standard InChI is InChI=1S/C29H32F5N3O3/c30-23-10-17(9-22(14-23)29(32,33)34)15-36-27(39)28(21-1-2-21)6-3-25(16-40-28)37-7-4-18(5-8-37)19-11-20(26(35)38)13-24(31)12-19/h9-14,18,21,25H,1-8,15-16H2,(H2,35,38)(H,36,39)/t25-,28+/m1/s1. The summed E-state index contributed by atoms with van der Waals surface area (Å²) in [6.45, 7) is 1.63. The molecule has 0 radical (unpaired) electrons. The van der Waals surface area contributed by atoms with Gasteiger partial charge in [-0.3, -0.25) is 14.5 Å². The highest BCUT2D eigenvalue weighted by atomic mass is 19.4. The molecule has 1 saturated carbocycles. The third-order valence-corrected chi connectivity index (χ3v) is 8.46. The van der Waals surface area contributed by atoms with Crippen LogP contribution in [0.2, 0.25) is 0 Å². The number of nitrogens with one attached hydrogen (secondary N) is 1. The van der Waals surface area contributed by atoms with Crippen molar-refractivity contribution in [2.45, 2.75) is 68.8 Å². The molecule has 6 nitrogen and oxygen atoms in total. The van der Waals surface area contributed by atoms with Crippen molar-refractivity contribution in [2.24, 2.45) is 11.7 Å². The summed E-state index contributed by atoms with van der Waals surface area (Å²) in [6, 6.07) is 6.61. The van der Waals surface area contributed by atoms with Crippen LogP contribution in [0.1, 0.15) is 71.5 Å². The maximum Gasteiger partial charge on any atom is 0.416 e. The SMILES string of the molecule is NC(=O)c1cc(F)cc(C2CCN([C@@H]3CC[C@@](C(=O)NCc4cc(F)cc(C(F)(F)F)c4)(C4CC4)OC3)CC2)c1. The fourth-order valence-electron chi connectivity index (χ4n) is 6.14. The molecule has 1 aliphatic carbocycles. The summed E-state index contributed by atoms with van der Waals surface area (Å²) in [5, 5.41) is 2.70. The van der Waals surface area contributed by atoms with E-state index in [1.165, 1.54) is 6.07 Å². The number of nitrogens with two attached hydrogens (primary N) is 1. The summed E-state index contributed by atoms with van der Waals surface area (Å²) in [6.07, 6.45) is -0.254. The molecule has 0 spiro atoms. The van der Waals surface area contributed by atoms with Gasteiger partial charge in [0.25, 0.3) is 5.91 Å². The van der Waals surface area contributed by atoms with Gasteiger partial charge in [0, 0.05) is 18.2 Å². The third-order valence-electron chi connectivity index (χ3n) is 8.46. The molecule has 3 fully saturated rings. The second kappa shape index (κ2) is 11.1. The predicted molar refractivity (Wildman–Crippen MR) is 136 cm³/mol. The van der Waals surface area contributed by atoms with Gasteiger partial charge in [0.1, 0.15) is 17.2 Å². The quantitative estimate of drug-likeness (QED) is 0.468. The molecule has 40 heavy (non-hydrogen) atoms. The number of rotatable bonds is 7. The highest BCUT2D eigenvalue weighted by Crippen LogP contribution is 2.47. The summed E-state index contributed by atoms with van der Waals surface area (Å²) in [5.74, 6) is -2.38. The second-order valence-corrected chi connectivity index (χ2v) is 11.1. The van der Waals surface area contributed by atoms with Gasteiger partial charge in [0.05, 0.1) is 12.2 Å². The van der Waals surface area contributed by atoms with Gasteiger partial charge in [0.15, 0.2) is 0 Å². The van der Waals surface area contributed by atoms with E-state index in [9.17, 15) is 31.5 Å². The largest absolute Gasteiger partial charge is 0.416 e. The minimum absolute atomic E-state index is 0.0319. The number of carbonyl (C=O) groups is 2. The highest BCUT2D eigenvalue weighted by molar-refractivity contribution is 5.93. The lowest BCUT2D eigenvalue weighted by molar-refractivity contribution is -0.165. The Morgan fingerprint density at radius 1 is 0.975 bits per heavy atom. The van der Waals surface area contributed by atoms with Crippen LogP contribution in [0.25, 0.3) is 0 Å². The van der Waals surface area contributed by atoms with Crippen LogP contribution in [0.4, 0.5) is 22.0 Å². The van der Waals surface area contributed by atoms with Crippen molar-refractivity contribution >= 4 is 11.8 Å². The number of likely N-dealkylation sites (tertiary alicyclic amines) is 1. The van der Waals surface area contributed by atoms with Crippen LogP contribution in [0.15, 0.2) is 36.4 Å². The van der Waals surface area contributed by atoms with Gasteiger partial charge in [-0.1, -0.05) is 0 Å². The monoisotopic (exact) mass is 565 g/mol. The Morgan fingerprint density at radius 3 is 2.27 bits per heavy atom. The summed E-state index contributed by atoms with van der Waals surface area (Å²) in [7, 11) is 0. The fraction of sp³-hybridized carbons (Fsp3) is 0.517. The molecule has 11 heteroatoms. The molecule has 2 heterocycles. The molecule has 2 aromatic rings. The van der Waals surface area contributed by atoms with Crippen LogP contribution in [-0.4, -0.2) is 48.1 Å². The van der Waals surface area contributed by atoms with Gasteiger partial charge in [-0.05, 0) is 111 Å². The number of piperidine rings is 1. The van der Waals surface area contributed by atoms with Gasteiger partial charge in [-0.2, -0.15) is 13.2 Å².